The molecule has 1 aromatic carbocycles. The second-order valence-electron chi connectivity index (χ2n) is 6.82. The molecule has 0 aliphatic heterocycles. The van der Waals surface area contributed by atoms with E-state index in [2.05, 4.69) is 36.3 Å². The lowest BCUT2D eigenvalue weighted by atomic mass is 10.0. The molecule has 1 atom stereocenters. The molecule has 3 rings (SSSR count). The molecule has 1 N–H and O–H groups in total. The van der Waals surface area contributed by atoms with Gasteiger partial charge in [-0.25, -0.2) is 4.98 Å². The first-order chi connectivity index (χ1) is 11.0. The summed E-state index contributed by atoms with van der Waals surface area (Å²) in [5.74, 6) is 1.15. The van der Waals surface area contributed by atoms with Crippen LogP contribution in [0.1, 0.15) is 58.7 Å². The van der Waals surface area contributed by atoms with E-state index < -0.39 is 0 Å². The third-order valence-electron chi connectivity index (χ3n) is 4.17. The van der Waals surface area contributed by atoms with Crippen LogP contribution in [0, 0.1) is 18.8 Å². The highest BCUT2D eigenvalue weighted by atomic mass is 32.1. The summed E-state index contributed by atoms with van der Waals surface area (Å²) in [7, 11) is 0. The molecule has 1 aliphatic rings. The Hall–Kier alpha value is -1.68. The normalized spacial score (nSPS) is 15.7. The Morgan fingerprint density at radius 2 is 2.00 bits per heavy atom. The molecule has 1 saturated carbocycles. The van der Waals surface area contributed by atoms with Crippen molar-refractivity contribution < 1.29 is 4.79 Å². The number of aromatic nitrogens is 1. The van der Waals surface area contributed by atoms with Gasteiger partial charge in [-0.15, -0.1) is 11.3 Å². The Balaban J connectivity index is 1.76. The van der Waals surface area contributed by atoms with Crippen LogP contribution in [0.15, 0.2) is 30.3 Å². The summed E-state index contributed by atoms with van der Waals surface area (Å²) in [6, 6.07) is 10.4. The Morgan fingerprint density at radius 3 is 2.61 bits per heavy atom. The smallest absolute Gasteiger partial charge is 0.263 e. The van der Waals surface area contributed by atoms with E-state index >= 15 is 0 Å². The van der Waals surface area contributed by atoms with E-state index in [4.69, 9.17) is 0 Å². The molecule has 0 saturated heterocycles. The number of nitrogens with one attached hydrogen (secondary N) is 1. The minimum Gasteiger partial charge on any atom is -0.344 e. The van der Waals surface area contributed by atoms with Crippen LogP contribution >= 0.6 is 11.3 Å². The second-order valence-corrected chi connectivity index (χ2v) is 7.90. The quantitative estimate of drug-likeness (QED) is 0.846. The maximum atomic E-state index is 12.7. The fraction of sp³-hybridized carbons (Fsp3) is 0.474. The van der Waals surface area contributed by atoms with Gasteiger partial charge in [0.1, 0.15) is 4.88 Å². The number of aryl methyl sites for hydroxylation is 1. The topological polar surface area (TPSA) is 42.0 Å². The maximum absolute atomic E-state index is 12.7. The van der Waals surface area contributed by atoms with Crippen molar-refractivity contribution in [2.45, 2.75) is 46.1 Å². The Morgan fingerprint density at radius 1 is 1.30 bits per heavy atom. The number of carbonyl (C=O) groups excluding carboxylic acids is 1. The van der Waals surface area contributed by atoms with Gasteiger partial charge in [0.15, 0.2) is 0 Å². The fourth-order valence-corrected chi connectivity index (χ4v) is 4.05. The first-order valence-corrected chi connectivity index (χ1v) is 9.18. The van der Waals surface area contributed by atoms with Gasteiger partial charge in [0.25, 0.3) is 5.91 Å². The molecular formula is C19H24N2OS. The molecular weight excluding hydrogens is 304 g/mol. The summed E-state index contributed by atoms with van der Waals surface area (Å²) >= 11 is 1.54. The van der Waals surface area contributed by atoms with Crippen LogP contribution in [0.5, 0.6) is 0 Å². The predicted molar refractivity (Wildman–Crippen MR) is 94.8 cm³/mol. The van der Waals surface area contributed by atoms with Crippen molar-refractivity contribution in [2.75, 3.05) is 0 Å². The molecule has 4 heteroatoms. The minimum atomic E-state index is 0.0239. The third kappa shape index (κ3) is 3.99. The van der Waals surface area contributed by atoms with Crippen molar-refractivity contribution in [3.05, 3.63) is 51.5 Å². The highest BCUT2D eigenvalue weighted by Gasteiger charge is 2.34. The Bertz CT molecular complexity index is 674. The molecule has 3 nitrogen and oxygen atoms in total. The molecule has 23 heavy (non-hydrogen) atoms. The maximum Gasteiger partial charge on any atom is 0.263 e. The van der Waals surface area contributed by atoms with Crippen molar-refractivity contribution in [3.63, 3.8) is 0 Å². The van der Waals surface area contributed by atoms with Gasteiger partial charge < -0.3 is 5.32 Å². The lowest BCUT2D eigenvalue weighted by Gasteiger charge is -2.18. The average molecular weight is 328 g/mol. The van der Waals surface area contributed by atoms with E-state index in [-0.39, 0.29) is 11.9 Å². The lowest BCUT2D eigenvalue weighted by Crippen LogP contribution is -2.29. The summed E-state index contributed by atoms with van der Waals surface area (Å²) in [6.45, 7) is 6.29. The first-order valence-electron chi connectivity index (χ1n) is 8.36. The molecule has 2 aromatic rings. The van der Waals surface area contributed by atoms with Crippen molar-refractivity contribution >= 4 is 17.2 Å². The summed E-state index contributed by atoms with van der Waals surface area (Å²) in [5, 5.41) is 4.31. The lowest BCUT2D eigenvalue weighted by molar-refractivity contribution is 0.0935. The summed E-state index contributed by atoms with van der Waals surface area (Å²) in [5.41, 5.74) is 2.05. The number of thiazole rings is 1. The number of hydrogen-bond donors (Lipinski definition) is 1. The highest BCUT2D eigenvalue weighted by Crippen LogP contribution is 2.41. The van der Waals surface area contributed by atoms with Crippen molar-refractivity contribution in [2.24, 2.45) is 11.8 Å². The molecule has 0 spiro atoms. The van der Waals surface area contributed by atoms with Gasteiger partial charge in [-0.05, 0) is 37.2 Å². The van der Waals surface area contributed by atoms with Gasteiger partial charge >= 0.3 is 0 Å². The number of hydrogen-bond acceptors (Lipinski definition) is 3. The number of rotatable bonds is 6. The van der Waals surface area contributed by atoms with E-state index in [1.165, 1.54) is 18.4 Å². The van der Waals surface area contributed by atoms with Crippen LogP contribution in [0.25, 0.3) is 0 Å². The van der Waals surface area contributed by atoms with Gasteiger partial charge in [-0.1, -0.05) is 44.2 Å². The first kappa shape index (κ1) is 16.2. The van der Waals surface area contributed by atoms with E-state index in [1.54, 1.807) is 11.3 Å². The zero-order valence-electron chi connectivity index (χ0n) is 14.0. The van der Waals surface area contributed by atoms with Gasteiger partial charge in [-0.2, -0.15) is 0 Å². The van der Waals surface area contributed by atoms with Crippen LogP contribution in [-0.2, 0) is 6.42 Å². The van der Waals surface area contributed by atoms with Crippen LogP contribution in [0.3, 0.4) is 0 Å². The van der Waals surface area contributed by atoms with Gasteiger partial charge in [0.05, 0.1) is 16.7 Å². The molecule has 1 aliphatic carbocycles. The summed E-state index contributed by atoms with van der Waals surface area (Å²) < 4.78 is 0. The van der Waals surface area contributed by atoms with E-state index in [0.717, 1.165) is 22.0 Å². The zero-order valence-corrected chi connectivity index (χ0v) is 14.8. The molecule has 0 radical (unpaired) electrons. The summed E-state index contributed by atoms with van der Waals surface area (Å²) in [4.78, 5) is 18.1. The number of benzene rings is 1. The van der Waals surface area contributed by atoms with E-state index in [1.807, 2.05) is 25.1 Å². The molecule has 1 heterocycles. The van der Waals surface area contributed by atoms with Crippen molar-refractivity contribution in [3.8, 4) is 0 Å². The minimum absolute atomic E-state index is 0.0239. The second kappa shape index (κ2) is 6.83. The fourth-order valence-electron chi connectivity index (χ4n) is 2.87. The van der Waals surface area contributed by atoms with E-state index in [9.17, 15) is 4.79 Å². The van der Waals surface area contributed by atoms with Crippen LogP contribution in [-0.4, -0.2) is 10.9 Å². The van der Waals surface area contributed by atoms with Gasteiger partial charge in [-0.3, -0.25) is 4.79 Å². The number of carbonyl (C=O) groups is 1. The molecule has 1 unspecified atom stereocenters. The third-order valence-corrected chi connectivity index (χ3v) is 5.35. The van der Waals surface area contributed by atoms with Crippen LogP contribution in [0.2, 0.25) is 0 Å². The van der Waals surface area contributed by atoms with Crippen LogP contribution < -0.4 is 5.32 Å². The molecule has 1 amide bonds. The average Bonchev–Trinajstić information content (AvgIpc) is 3.29. The zero-order chi connectivity index (χ0) is 16.4. The summed E-state index contributed by atoms with van der Waals surface area (Å²) in [6.07, 6.45) is 3.32. The monoisotopic (exact) mass is 328 g/mol. The van der Waals surface area contributed by atoms with Crippen molar-refractivity contribution in [1.29, 1.82) is 0 Å². The molecule has 0 bridgehead atoms. The SMILES string of the molecule is Cc1nc(CC(C)C)sc1C(=O)NC(c1ccccc1)C1CC1. The highest BCUT2D eigenvalue weighted by molar-refractivity contribution is 7.13. The molecule has 122 valence electrons. The molecule has 1 aromatic heterocycles. The predicted octanol–water partition coefficient (Wildman–Crippen LogP) is 4.53. The largest absolute Gasteiger partial charge is 0.344 e. The van der Waals surface area contributed by atoms with Gasteiger partial charge in [0.2, 0.25) is 0 Å². The van der Waals surface area contributed by atoms with Crippen molar-refractivity contribution in [1.82, 2.24) is 10.3 Å². The standard InChI is InChI=1S/C19H24N2OS/c1-12(2)11-16-20-13(3)18(23-16)19(22)21-17(15-9-10-15)14-7-5-4-6-8-14/h4-8,12,15,17H,9-11H2,1-3H3,(H,21,22). The van der Waals surface area contributed by atoms with Crippen LogP contribution in [0.4, 0.5) is 0 Å². The Kier molecular flexibility index (Phi) is 4.81. The number of nitrogens with zero attached hydrogens (tertiary/aromatic N) is 1. The van der Waals surface area contributed by atoms with Gasteiger partial charge in [0, 0.05) is 6.42 Å². The molecule has 1 fully saturated rings. The van der Waals surface area contributed by atoms with E-state index in [0.29, 0.717) is 11.8 Å². The number of amides is 1. The Labute approximate surface area is 142 Å².